The highest BCUT2D eigenvalue weighted by Crippen LogP contribution is 1.80. The van der Waals surface area contributed by atoms with Gasteiger partial charge in [0.25, 0.3) is 5.91 Å². The number of hydrogen-bond acceptors (Lipinski definition) is 2. The number of Topliss-reactive ketones (excluding diaryl/α,β-unsaturated/α-hetero) is 1. The second-order valence-electron chi connectivity index (χ2n) is 1.16. The minimum atomic E-state index is -0.755. The summed E-state index contributed by atoms with van der Waals surface area (Å²) >= 11 is 2.81. The van der Waals surface area contributed by atoms with E-state index in [0.717, 1.165) is 0 Å². The fourth-order valence-electron chi connectivity index (χ4n) is 0.196. The number of nitrogens with one attached hydrogen (secondary N) is 1. The van der Waals surface area contributed by atoms with E-state index in [1.54, 1.807) is 0 Å². The van der Waals surface area contributed by atoms with Crippen molar-refractivity contribution in [3.05, 3.63) is 0 Å². The molecule has 0 aromatic carbocycles. The van der Waals surface area contributed by atoms with Crippen LogP contribution >= 0.6 is 15.9 Å². The molecule has 0 aliphatic rings. The van der Waals surface area contributed by atoms with Crippen molar-refractivity contribution < 1.29 is 9.59 Å². The molecule has 0 rings (SSSR count). The van der Waals surface area contributed by atoms with Crippen molar-refractivity contribution in [2.45, 2.75) is 0 Å². The molecule has 0 aromatic rings. The Morgan fingerprint density at radius 2 is 2.22 bits per heavy atom. The van der Waals surface area contributed by atoms with Gasteiger partial charge in [-0.3, -0.25) is 14.9 Å². The third-order valence-corrected chi connectivity index (χ3v) is 1.07. The fraction of sp³-hybridized carbons (Fsp3) is 0.200. The molecule has 0 aromatic heterocycles. The molecule has 0 saturated heterocycles. The van der Waals surface area contributed by atoms with Crippen molar-refractivity contribution in [3.63, 3.8) is 0 Å². The first kappa shape index (κ1) is 8.18. The van der Waals surface area contributed by atoms with Crippen molar-refractivity contribution in [1.29, 1.82) is 0 Å². The predicted molar refractivity (Wildman–Crippen MR) is 35.8 cm³/mol. The number of carbonyl (C=O) groups excluding carboxylic acids is 2. The largest absolute Gasteiger partial charge is 0.299 e. The van der Waals surface area contributed by atoms with Gasteiger partial charge in [0.2, 0.25) is 5.78 Å². The molecular formula is C5H4BrNO2. The van der Waals surface area contributed by atoms with E-state index in [0.29, 0.717) is 0 Å². The Labute approximate surface area is 60.9 Å². The highest BCUT2D eigenvalue weighted by molar-refractivity contribution is 9.09. The highest BCUT2D eigenvalue weighted by Gasteiger charge is 2.08. The lowest BCUT2D eigenvalue weighted by Gasteiger charge is -1.89. The summed E-state index contributed by atoms with van der Waals surface area (Å²) in [5, 5.41) is 1.91. The lowest BCUT2D eigenvalue weighted by molar-refractivity contribution is -0.135. The molecule has 0 unspecified atom stereocenters. The number of halogens is 1. The lowest BCUT2D eigenvalue weighted by Crippen LogP contribution is -2.27. The summed E-state index contributed by atoms with van der Waals surface area (Å²) in [6, 6.07) is 1.84. The summed E-state index contributed by atoms with van der Waals surface area (Å²) in [5.74, 6) is -1.33. The molecule has 1 N–H and O–H groups in total. The van der Waals surface area contributed by atoms with Gasteiger partial charge in [-0.15, -0.1) is 0 Å². The molecule has 1 amide bonds. The molecule has 0 saturated carbocycles. The Hall–Kier alpha value is -0.820. The average molecular weight is 190 g/mol. The molecule has 9 heavy (non-hydrogen) atoms. The van der Waals surface area contributed by atoms with Crippen molar-refractivity contribution in [1.82, 2.24) is 5.32 Å². The molecule has 0 bridgehead atoms. The van der Waals surface area contributed by atoms with Gasteiger partial charge in [0.1, 0.15) is 0 Å². The number of rotatable bonds is 2. The number of ketones is 1. The zero-order valence-electron chi connectivity index (χ0n) is 4.48. The minimum absolute atomic E-state index is 0.000509. The van der Waals surface area contributed by atoms with Crippen LogP contribution in [0.2, 0.25) is 0 Å². The molecule has 0 aliphatic carbocycles. The summed E-state index contributed by atoms with van der Waals surface area (Å²) in [4.78, 5) is 20.7. The smallest absolute Gasteiger partial charge is 0.288 e. The molecule has 3 nitrogen and oxygen atoms in total. The van der Waals surface area contributed by atoms with Crippen LogP contribution < -0.4 is 5.32 Å². The van der Waals surface area contributed by atoms with Gasteiger partial charge in [0.15, 0.2) is 0 Å². The van der Waals surface area contributed by atoms with Gasteiger partial charge < -0.3 is 0 Å². The zero-order chi connectivity index (χ0) is 7.28. The van der Waals surface area contributed by atoms with Gasteiger partial charge in [-0.25, -0.2) is 0 Å². The van der Waals surface area contributed by atoms with Crippen molar-refractivity contribution in [2.24, 2.45) is 0 Å². The van der Waals surface area contributed by atoms with Crippen LogP contribution in [-0.2, 0) is 9.59 Å². The number of alkyl halides is 1. The topological polar surface area (TPSA) is 46.2 Å². The van der Waals surface area contributed by atoms with E-state index in [-0.39, 0.29) is 5.33 Å². The monoisotopic (exact) mass is 189 g/mol. The van der Waals surface area contributed by atoms with Crippen LogP contribution in [0.5, 0.6) is 0 Å². The second kappa shape index (κ2) is 4.10. The van der Waals surface area contributed by atoms with E-state index in [4.69, 9.17) is 0 Å². The quantitative estimate of drug-likeness (QED) is 0.280. The van der Waals surface area contributed by atoms with Gasteiger partial charge in [-0.05, 0) is 0 Å². The van der Waals surface area contributed by atoms with Crippen LogP contribution in [0.25, 0.3) is 0 Å². The SMILES string of the molecule is C#CNC(=O)C(=O)CBr. The fourth-order valence-corrected chi connectivity index (χ4v) is 0.451. The third-order valence-electron chi connectivity index (χ3n) is 0.560. The summed E-state index contributed by atoms with van der Waals surface area (Å²) < 4.78 is 0. The van der Waals surface area contributed by atoms with Gasteiger partial charge in [0.05, 0.1) is 5.33 Å². The third kappa shape index (κ3) is 2.88. The van der Waals surface area contributed by atoms with E-state index < -0.39 is 11.7 Å². The van der Waals surface area contributed by atoms with Crippen molar-refractivity contribution >= 4 is 27.6 Å². The number of amides is 1. The van der Waals surface area contributed by atoms with E-state index in [2.05, 4.69) is 22.4 Å². The Morgan fingerprint density at radius 1 is 1.67 bits per heavy atom. The molecular weight excluding hydrogens is 186 g/mol. The summed E-state index contributed by atoms with van der Waals surface area (Å²) in [7, 11) is 0. The lowest BCUT2D eigenvalue weighted by atomic mass is 10.4. The summed E-state index contributed by atoms with van der Waals surface area (Å²) in [6.07, 6.45) is 4.67. The Morgan fingerprint density at radius 3 is 2.56 bits per heavy atom. The van der Waals surface area contributed by atoms with E-state index in [1.165, 1.54) is 0 Å². The van der Waals surface area contributed by atoms with Crippen LogP contribution in [0.4, 0.5) is 0 Å². The standard InChI is InChI=1S/C5H4BrNO2/c1-2-7-5(9)4(8)3-6/h1H,3H2,(H,7,9). The van der Waals surface area contributed by atoms with Gasteiger partial charge in [0, 0.05) is 6.04 Å². The predicted octanol–water partition coefficient (Wildman–Crippen LogP) is -0.343. The number of hydrogen-bond donors (Lipinski definition) is 1. The van der Waals surface area contributed by atoms with Gasteiger partial charge in [-0.2, -0.15) is 0 Å². The van der Waals surface area contributed by atoms with Crippen LogP contribution in [0, 0.1) is 12.5 Å². The summed E-state index contributed by atoms with van der Waals surface area (Å²) in [6.45, 7) is 0. The maximum Gasteiger partial charge on any atom is 0.299 e. The molecule has 0 fully saturated rings. The molecule has 0 spiro atoms. The maximum atomic E-state index is 10.3. The van der Waals surface area contributed by atoms with Gasteiger partial charge >= 0.3 is 0 Å². The molecule has 0 atom stereocenters. The van der Waals surface area contributed by atoms with Crippen LogP contribution in [-0.4, -0.2) is 17.0 Å². The van der Waals surface area contributed by atoms with Crippen molar-refractivity contribution in [2.75, 3.05) is 5.33 Å². The van der Waals surface area contributed by atoms with Crippen molar-refractivity contribution in [3.8, 4) is 12.5 Å². The summed E-state index contributed by atoms with van der Waals surface area (Å²) in [5.41, 5.74) is 0. The average Bonchev–Trinajstić information content (AvgIpc) is 1.87. The normalized spacial score (nSPS) is 7.56. The first-order valence-electron chi connectivity index (χ1n) is 2.07. The number of terminal acetylenes is 1. The molecule has 0 aliphatic heterocycles. The molecule has 48 valence electrons. The molecule has 0 heterocycles. The second-order valence-corrected chi connectivity index (χ2v) is 1.72. The van der Waals surface area contributed by atoms with E-state index >= 15 is 0 Å². The maximum absolute atomic E-state index is 10.3. The van der Waals surface area contributed by atoms with Gasteiger partial charge in [-0.1, -0.05) is 22.4 Å². The Balaban J connectivity index is 3.77. The van der Waals surface area contributed by atoms with Crippen LogP contribution in [0.15, 0.2) is 0 Å². The Kier molecular flexibility index (Phi) is 3.72. The van der Waals surface area contributed by atoms with E-state index in [9.17, 15) is 9.59 Å². The molecule has 0 radical (unpaired) electrons. The zero-order valence-corrected chi connectivity index (χ0v) is 6.06. The first-order chi connectivity index (χ1) is 4.22. The highest BCUT2D eigenvalue weighted by atomic mass is 79.9. The van der Waals surface area contributed by atoms with Crippen LogP contribution in [0.3, 0.4) is 0 Å². The molecule has 4 heteroatoms. The minimum Gasteiger partial charge on any atom is -0.288 e. The van der Waals surface area contributed by atoms with E-state index in [1.807, 2.05) is 11.4 Å². The number of carbonyl (C=O) groups is 2. The first-order valence-corrected chi connectivity index (χ1v) is 3.19. The van der Waals surface area contributed by atoms with Crippen LogP contribution in [0.1, 0.15) is 0 Å². The Bertz CT molecular complexity index is 170.